The van der Waals surface area contributed by atoms with Gasteiger partial charge < -0.3 is 0 Å². The van der Waals surface area contributed by atoms with Crippen LogP contribution >= 0.6 is 0 Å². The van der Waals surface area contributed by atoms with Crippen LogP contribution in [0.2, 0.25) is 0 Å². The van der Waals surface area contributed by atoms with E-state index in [2.05, 4.69) is 17.5 Å². The minimum Gasteiger partial charge on any atom is -0.273 e. The lowest BCUT2D eigenvalue weighted by Gasteiger charge is -1.93. The van der Waals surface area contributed by atoms with Crippen LogP contribution in [-0.4, -0.2) is 12.1 Å². The first kappa shape index (κ1) is 9.38. The van der Waals surface area contributed by atoms with Crippen LogP contribution in [0.4, 0.5) is 4.39 Å². The smallest absolute Gasteiger partial charge is 0.240 e. The first-order chi connectivity index (χ1) is 6.18. The molecule has 0 saturated heterocycles. The maximum Gasteiger partial charge on any atom is 0.240 e. The van der Waals surface area contributed by atoms with E-state index >= 15 is 0 Å². The Kier molecular flexibility index (Phi) is 3.14. The van der Waals surface area contributed by atoms with E-state index in [9.17, 15) is 9.18 Å². The Labute approximate surface area is 75.3 Å². The molecule has 0 spiro atoms. The van der Waals surface area contributed by atoms with E-state index < -0.39 is 5.91 Å². The van der Waals surface area contributed by atoms with Gasteiger partial charge in [-0.15, -0.1) is 0 Å². The SMILES string of the molecule is [CH2]C(=O)NN=Cc1cccc(F)c1. The number of carbonyl (C=O) groups is 1. The molecule has 0 bridgehead atoms. The van der Waals surface area contributed by atoms with E-state index in [1.165, 1.54) is 18.3 Å². The number of halogens is 1. The molecule has 0 unspecified atom stereocenters. The van der Waals surface area contributed by atoms with Gasteiger partial charge in [0.15, 0.2) is 0 Å². The summed E-state index contributed by atoms with van der Waals surface area (Å²) >= 11 is 0. The number of hydrogen-bond acceptors (Lipinski definition) is 2. The zero-order valence-corrected chi connectivity index (χ0v) is 6.83. The van der Waals surface area contributed by atoms with Crippen molar-refractivity contribution in [1.82, 2.24) is 5.43 Å². The summed E-state index contributed by atoms with van der Waals surface area (Å²) in [5.41, 5.74) is 2.69. The molecule has 3 nitrogen and oxygen atoms in total. The number of hydrogen-bond donors (Lipinski definition) is 1. The molecule has 67 valence electrons. The van der Waals surface area contributed by atoms with E-state index in [4.69, 9.17) is 0 Å². The van der Waals surface area contributed by atoms with Gasteiger partial charge in [0, 0.05) is 6.92 Å². The molecule has 1 aromatic rings. The fourth-order valence-corrected chi connectivity index (χ4v) is 0.766. The average Bonchev–Trinajstić information content (AvgIpc) is 2.03. The lowest BCUT2D eigenvalue weighted by molar-refractivity contribution is -0.116. The molecular formula is C9H8FN2O. The summed E-state index contributed by atoms with van der Waals surface area (Å²) in [6, 6.07) is 5.86. The molecule has 0 aliphatic heterocycles. The highest BCUT2D eigenvalue weighted by Crippen LogP contribution is 1.99. The van der Waals surface area contributed by atoms with Crippen molar-refractivity contribution in [3.05, 3.63) is 42.6 Å². The van der Waals surface area contributed by atoms with Crippen LogP contribution in [0, 0.1) is 12.7 Å². The van der Waals surface area contributed by atoms with Crippen molar-refractivity contribution >= 4 is 12.1 Å². The topological polar surface area (TPSA) is 41.5 Å². The van der Waals surface area contributed by atoms with Crippen LogP contribution < -0.4 is 5.43 Å². The van der Waals surface area contributed by atoms with Crippen LogP contribution in [0.5, 0.6) is 0 Å². The molecular weight excluding hydrogens is 171 g/mol. The van der Waals surface area contributed by atoms with E-state index in [1.54, 1.807) is 12.1 Å². The van der Waals surface area contributed by atoms with E-state index in [1.807, 2.05) is 0 Å². The predicted octanol–water partition coefficient (Wildman–Crippen LogP) is 1.11. The molecule has 0 atom stereocenters. The van der Waals surface area contributed by atoms with Gasteiger partial charge >= 0.3 is 0 Å². The number of nitrogens with one attached hydrogen (secondary N) is 1. The third-order valence-electron chi connectivity index (χ3n) is 1.25. The molecule has 1 radical (unpaired) electrons. The van der Waals surface area contributed by atoms with Crippen LogP contribution in [0.1, 0.15) is 5.56 Å². The third kappa shape index (κ3) is 3.46. The monoisotopic (exact) mass is 179 g/mol. The second-order valence-electron chi connectivity index (χ2n) is 2.35. The Balaban J connectivity index is 2.63. The highest BCUT2D eigenvalue weighted by atomic mass is 19.1. The number of hydrazone groups is 1. The maximum absolute atomic E-state index is 12.6. The summed E-state index contributed by atoms with van der Waals surface area (Å²) in [5.74, 6) is -0.849. The number of benzene rings is 1. The second kappa shape index (κ2) is 4.35. The van der Waals surface area contributed by atoms with Crippen molar-refractivity contribution in [2.75, 3.05) is 0 Å². The molecule has 0 aliphatic carbocycles. The minimum absolute atomic E-state index is 0.343. The summed E-state index contributed by atoms with van der Waals surface area (Å²) < 4.78 is 12.6. The van der Waals surface area contributed by atoms with Crippen LogP contribution in [0.3, 0.4) is 0 Å². The lowest BCUT2D eigenvalue weighted by Crippen LogP contribution is -2.12. The van der Waals surface area contributed by atoms with E-state index in [0.717, 1.165) is 0 Å². The van der Waals surface area contributed by atoms with Gasteiger partial charge in [-0.05, 0) is 17.7 Å². The fourth-order valence-electron chi connectivity index (χ4n) is 0.766. The molecule has 0 saturated carbocycles. The minimum atomic E-state index is -0.507. The van der Waals surface area contributed by atoms with Crippen LogP contribution in [0.15, 0.2) is 29.4 Å². The first-order valence-electron chi connectivity index (χ1n) is 3.59. The lowest BCUT2D eigenvalue weighted by atomic mass is 10.2. The Morgan fingerprint density at radius 2 is 2.38 bits per heavy atom. The second-order valence-corrected chi connectivity index (χ2v) is 2.35. The summed E-state index contributed by atoms with van der Waals surface area (Å²) in [6.45, 7) is 3.05. The molecule has 1 amide bonds. The Morgan fingerprint density at radius 1 is 1.62 bits per heavy atom. The van der Waals surface area contributed by atoms with Gasteiger partial charge in [0.25, 0.3) is 0 Å². The zero-order chi connectivity index (χ0) is 9.68. The zero-order valence-electron chi connectivity index (χ0n) is 6.83. The average molecular weight is 179 g/mol. The van der Waals surface area contributed by atoms with Gasteiger partial charge in [-0.2, -0.15) is 5.10 Å². The molecule has 0 fully saturated rings. The molecule has 1 rings (SSSR count). The summed E-state index contributed by atoms with van der Waals surface area (Å²) in [4.78, 5) is 10.3. The van der Waals surface area contributed by atoms with Crippen molar-refractivity contribution in [1.29, 1.82) is 0 Å². The van der Waals surface area contributed by atoms with Crippen molar-refractivity contribution in [2.24, 2.45) is 5.10 Å². The third-order valence-corrected chi connectivity index (χ3v) is 1.25. The van der Waals surface area contributed by atoms with Gasteiger partial charge in [0.2, 0.25) is 5.91 Å². The quantitative estimate of drug-likeness (QED) is 0.536. The van der Waals surface area contributed by atoms with Crippen molar-refractivity contribution in [2.45, 2.75) is 0 Å². The standard InChI is InChI=1S/C9H8FN2O/c1-7(13)12-11-6-8-3-2-4-9(10)5-8/h2-6H,1H2,(H,12,13). The number of amides is 1. The van der Waals surface area contributed by atoms with E-state index in [0.29, 0.717) is 5.56 Å². The predicted molar refractivity (Wildman–Crippen MR) is 47.5 cm³/mol. The highest BCUT2D eigenvalue weighted by molar-refractivity contribution is 5.83. The fraction of sp³-hybridized carbons (Fsp3) is 0. The number of carbonyl (C=O) groups excluding carboxylic acids is 1. The molecule has 0 heterocycles. The largest absolute Gasteiger partial charge is 0.273 e. The van der Waals surface area contributed by atoms with Gasteiger partial charge in [-0.3, -0.25) is 4.79 Å². The Hall–Kier alpha value is -1.71. The summed E-state index contributed by atoms with van der Waals surface area (Å²) in [5, 5.41) is 3.53. The molecule has 0 aromatic heterocycles. The first-order valence-corrected chi connectivity index (χ1v) is 3.59. The van der Waals surface area contributed by atoms with Gasteiger partial charge in [-0.1, -0.05) is 12.1 Å². The Morgan fingerprint density at radius 3 is 3.00 bits per heavy atom. The molecule has 13 heavy (non-hydrogen) atoms. The Bertz CT molecular complexity index is 336. The summed E-state index contributed by atoms with van der Waals surface area (Å²) in [6.07, 6.45) is 1.34. The molecule has 0 aliphatic rings. The maximum atomic E-state index is 12.6. The van der Waals surface area contributed by atoms with Gasteiger partial charge in [0.05, 0.1) is 6.21 Å². The van der Waals surface area contributed by atoms with E-state index in [-0.39, 0.29) is 5.82 Å². The molecule has 1 N–H and O–H groups in total. The molecule has 1 aromatic carbocycles. The normalized spacial score (nSPS) is 10.3. The van der Waals surface area contributed by atoms with Crippen molar-refractivity contribution in [3.63, 3.8) is 0 Å². The molecule has 4 heteroatoms. The van der Waals surface area contributed by atoms with Gasteiger partial charge in [-0.25, -0.2) is 9.82 Å². The van der Waals surface area contributed by atoms with Gasteiger partial charge in [0.1, 0.15) is 5.82 Å². The summed E-state index contributed by atoms with van der Waals surface area (Å²) in [7, 11) is 0. The van der Waals surface area contributed by atoms with Crippen molar-refractivity contribution < 1.29 is 9.18 Å². The highest BCUT2D eigenvalue weighted by Gasteiger charge is 1.90. The van der Waals surface area contributed by atoms with Crippen LogP contribution in [-0.2, 0) is 4.79 Å². The number of nitrogens with zero attached hydrogens (tertiary/aromatic N) is 1. The number of rotatable bonds is 2. The van der Waals surface area contributed by atoms with Crippen molar-refractivity contribution in [3.8, 4) is 0 Å². The van der Waals surface area contributed by atoms with Crippen LogP contribution in [0.25, 0.3) is 0 Å².